The zero-order valence-corrected chi connectivity index (χ0v) is 18.7. The number of rotatable bonds is 1. The first kappa shape index (κ1) is 22.2. The summed E-state index contributed by atoms with van der Waals surface area (Å²) < 4.78 is 34.9. The first-order valence-electron chi connectivity index (χ1n) is 10.8. The number of β-amino-alcohol motifs (C(OH)–C–C–N with tert-alkyl or cyclic N) is 1. The molecule has 2 heterocycles. The molecule has 1 saturated heterocycles. The van der Waals surface area contributed by atoms with Gasteiger partial charge in [0, 0.05) is 25.0 Å². The van der Waals surface area contributed by atoms with E-state index in [1.54, 1.807) is 12.1 Å². The van der Waals surface area contributed by atoms with Gasteiger partial charge in [0.05, 0.1) is 12.7 Å². The van der Waals surface area contributed by atoms with Gasteiger partial charge in [0.15, 0.2) is 0 Å². The molecule has 1 spiro atoms. The number of hydrogen-bond acceptors (Lipinski definition) is 6. The van der Waals surface area contributed by atoms with E-state index in [9.17, 15) is 13.5 Å². The zero-order chi connectivity index (χ0) is 21.9. The van der Waals surface area contributed by atoms with Crippen molar-refractivity contribution in [2.45, 2.75) is 23.8 Å². The van der Waals surface area contributed by atoms with Crippen molar-refractivity contribution in [3.8, 4) is 16.9 Å². The highest BCUT2D eigenvalue weighted by atomic mass is 32.2. The molecule has 0 saturated carbocycles. The fourth-order valence-electron chi connectivity index (χ4n) is 4.53. The van der Waals surface area contributed by atoms with Crippen molar-refractivity contribution in [1.82, 2.24) is 14.9 Å². The van der Waals surface area contributed by atoms with Gasteiger partial charge in [-0.25, -0.2) is 13.1 Å². The largest absolute Gasteiger partial charge is 0.492 e. The maximum Gasteiger partial charge on any atom is 0.244 e. The smallest absolute Gasteiger partial charge is 0.244 e. The third kappa shape index (κ3) is 5.27. The van der Waals surface area contributed by atoms with Crippen molar-refractivity contribution in [3.05, 3.63) is 48.5 Å². The number of hydrogen-bond donors (Lipinski definition) is 3. The van der Waals surface area contributed by atoms with Crippen molar-refractivity contribution < 1.29 is 18.3 Å². The predicted octanol–water partition coefficient (Wildman–Crippen LogP) is 1.69. The van der Waals surface area contributed by atoms with Crippen LogP contribution < -0.4 is 14.8 Å². The average Bonchev–Trinajstić information content (AvgIpc) is 2.77. The molecule has 2 aliphatic rings. The maximum atomic E-state index is 13.0. The van der Waals surface area contributed by atoms with Gasteiger partial charge in [0.1, 0.15) is 10.6 Å². The number of aliphatic hydroxyl groups is 1. The third-order valence-electron chi connectivity index (χ3n) is 6.18. The summed E-state index contributed by atoms with van der Waals surface area (Å²) in [7, 11) is -1.86. The molecule has 0 aliphatic carbocycles. The SMILES string of the molecule is CN1CC(O)CNS(=O)(=O)c2ccc(-c3ccccc3)cc2OCC2(CCNCC2)C1. The summed E-state index contributed by atoms with van der Waals surface area (Å²) in [6.07, 6.45) is 1.09. The summed E-state index contributed by atoms with van der Waals surface area (Å²) in [4.78, 5) is 2.19. The highest BCUT2D eigenvalue weighted by molar-refractivity contribution is 7.89. The van der Waals surface area contributed by atoms with E-state index < -0.39 is 16.1 Å². The minimum atomic E-state index is -3.83. The van der Waals surface area contributed by atoms with Gasteiger partial charge in [-0.2, -0.15) is 0 Å². The van der Waals surface area contributed by atoms with Gasteiger partial charge in [-0.1, -0.05) is 36.4 Å². The number of likely N-dealkylation sites (N-methyl/N-ethyl adjacent to an activating group) is 1. The van der Waals surface area contributed by atoms with Gasteiger partial charge >= 0.3 is 0 Å². The van der Waals surface area contributed by atoms with Crippen molar-refractivity contribution in [1.29, 1.82) is 0 Å². The van der Waals surface area contributed by atoms with Crippen molar-refractivity contribution in [3.63, 3.8) is 0 Å². The Balaban J connectivity index is 1.74. The third-order valence-corrected chi connectivity index (χ3v) is 7.64. The lowest BCUT2D eigenvalue weighted by atomic mass is 9.79. The Hall–Kier alpha value is -1.97. The van der Waals surface area contributed by atoms with E-state index in [4.69, 9.17) is 4.74 Å². The number of nitrogens with zero attached hydrogens (tertiary/aromatic N) is 1. The minimum Gasteiger partial charge on any atom is -0.492 e. The first-order chi connectivity index (χ1) is 14.9. The predicted molar refractivity (Wildman–Crippen MR) is 121 cm³/mol. The molecule has 1 atom stereocenters. The number of benzene rings is 2. The molecular formula is C23H31N3O4S. The number of aliphatic hydroxyl groups excluding tert-OH is 1. The fourth-order valence-corrected chi connectivity index (χ4v) is 5.73. The Morgan fingerprint density at radius 1 is 1.10 bits per heavy atom. The maximum absolute atomic E-state index is 13.0. The van der Waals surface area contributed by atoms with Gasteiger partial charge < -0.3 is 20.1 Å². The van der Waals surface area contributed by atoms with Crippen LogP contribution in [-0.2, 0) is 10.0 Å². The Bertz CT molecular complexity index is 991. The molecule has 3 N–H and O–H groups in total. The van der Waals surface area contributed by atoms with Crippen LogP contribution in [0.15, 0.2) is 53.4 Å². The topological polar surface area (TPSA) is 90.9 Å². The summed E-state index contributed by atoms with van der Waals surface area (Å²) >= 11 is 0. The molecule has 8 heteroatoms. The van der Waals surface area contributed by atoms with E-state index in [1.807, 2.05) is 43.4 Å². The standard InChI is InChI=1S/C23H31N3O4S/c1-26-15-20(27)14-25-31(28,29)22-8-7-19(18-5-3-2-4-6-18)13-21(22)30-17-23(16-26)9-11-24-12-10-23/h2-8,13,20,24-25,27H,9-12,14-17H2,1H3. The molecule has 0 amide bonds. The summed E-state index contributed by atoms with van der Waals surface area (Å²) in [5.74, 6) is 0.351. The van der Waals surface area contributed by atoms with E-state index in [-0.39, 0.29) is 16.9 Å². The summed E-state index contributed by atoms with van der Waals surface area (Å²) in [6, 6.07) is 15.0. The van der Waals surface area contributed by atoms with Crippen LogP contribution in [0.2, 0.25) is 0 Å². The van der Waals surface area contributed by atoms with E-state index in [0.717, 1.165) is 43.6 Å². The molecule has 2 aromatic rings. The van der Waals surface area contributed by atoms with E-state index in [2.05, 4.69) is 14.9 Å². The van der Waals surface area contributed by atoms with Gasteiger partial charge in [0.2, 0.25) is 10.0 Å². The zero-order valence-electron chi connectivity index (χ0n) is 17.9. The number of fused-ring (bicyclic) bond motifs is 1. The molecule has 1 fully saturated rings. The Morgan fingerprint density at radius 3 is 2.58 bits per heavy atom. The molecule has 0 radical (unpaired) electrons. The molecule has 168 valence electrons. The highest BCUT2D eigenvalue weighted by Crippen LogP contribution is 2.35. The van der Waals surface area contributed by atoms with Crippen LogP contribution >= 0.6 is 0 Å². The summed E-state index contributed by atoms with van der Waals surface area (Å²) in [5.41, 5.74) is 1.80. The van der Waals surface area contributed by atoms with Gasteiger partial charge in [-0.15, -0.1) is 0 Å². The monoisotopic (exact) mass is 445 g/mol. The minimum absolute atomic E-state index is 0.0406. The van der Waals surface area contributed by atoms with Crippen molar-refractivity contribution in [2.75, 3.05) is 46.4 Å². The van der Waals surface area contributed by atoms with E-state index in [1.165, 1.54) is 0 Å². The van der Waals surface area contributed by atoms with Gasteiger partial charge in [0.25, 0.3) is 0 Å². The summed E-state index contributed by atoms with van der Waals surface area (Å²) in [5, 5.41) is 13.8. The molecule has 0 bridgehead atoms. The number of piperidine rings is 1. The Morgan fingerprint density at radius 2 is 1.84 bits per heavy atom. The second-order valence-electron chi connectivity index (χ2n) is 8.77. The molecule has 2 aliphatic heterocycles. The first-order valence-corrected chi connectivity index (χ1v) is 12.2. The van der Waals surface area contributed by atoms with Crippen molar-refractivity contribution in [2.24, 2.45) is 5.41 Å². The molecule has 31 heavy (non-hydrogen) atoms. The van der Waals surface area contributed by atoms with E-state index in [0.29, 0.717) is 18.9 Å². The molecule has 0 aromatic heterocycles. The Kier molecular flexibility index (Phi) is 6.64. The van der Waals surface area contributed by atoms with Gasteiger partial charge in [-0.05, 0) is 56.2 Å². The molecule has 2 aromatic carbocycles. The lowest BCUT2D eigenvalue weighted by Gasteiger charge is -2.41. The molecule has 1 unspecified atom stereocenters. The average molecular weight is 446 g/mol. The van der Waals surface area contributed by atoms with Crippen LogP contribution in [-0.4, -0.2) is 70.9 Å². The second-order valence-corrected chi connectivity index (χ2v) is 10.5. The highest BCUT2D eigenvalue weighted by Gasteiger charge is 2.36. The molecule has 4 rings (SSSR count). The summed E-state index contributed by atoms with van der Waals surface area (Å²) in [6.45, 7) is 3.37. The van der Waals surface area contributed by atoms with Crippen LogP contribution in [0.5, 0.6) is 5.75 Å². The lowest BCUT2D eigenvalue weighted by molar-refractivity contribution is 0.0447. The fraction of sp³-hybridized carbons (Fsp3) is 0.478. The normalized spacial score (nSPS) is 24.4. The van der Waals surface area contributed by atoms with Crippen molar-refractivity contribution >= 4 is 10.0 Å². The van der Waals surface area contributed by atoms with Crippen LogP contribution in [0.25, 0.3) is 11.1 Å². The van der Waals surface area contributed by atoms with Gasteiger partial charge in [-0.3, -0.25) is 0 Å². The quantitative estimate of drug-likeness (QED) is 0.619. The lowest BCUT2D eigenvalue weighted by Crippen LogP contribution is -2.49. The number of sulfonamides is 1. The second kappa shape index (κ2) is 9.26. The number of nitrogens with one attached hydrogen (secondary N) is 2. The Labute approximate surface area is 184 Å². The van der Waals surface area contributed by atoms with E-state index >= 15 is 0 Å². The van der Waals surface area contributed by atoms with Crippen LogP contribution in [0.1, 0.15) is 12.8 Å². The van der Waals surface area contributed by atoms with Crippen LogP contribution in [0.4, 0.5) is 0 Å². The van der Waals surface area contributed by atoms with Crippen LogP contribution in [0, 0.1) is 5.41 Å². The van der Waals surface area contributed by atoms with Crippen LogP contribution in [0.3, 0.4) is 0 Å². The number of ether oxygens (including phenoxy) is 1. The molecular weight excluding hydrogens is 414 g/mol. The molecule has 7 nitrogen and oxygen atoms in total.